The maximum atomic E-state index is 13.5. The molecule has 9 heteroatoms. The van der Waals surface area contributed by atoms with E-state index in [2.05, 4.69) is 27.9 Å². The number of hydrogen-bond donors (Lipinski definition) is 3. The van der Waals surface area contributed by atoms with Crippen LogP contribution in [0.2, 0.25) is 0 Å². The molecule has 0 aliphatic heterocycles. The van der Waals surface area contributed by atoms with Gasteiger partial charge in [0.25, 0.3) is 0 Å². The number of nitrogens with zero attached hydrogens (tertiary/aromatic N) is 1. The maximum Gasteiger partial charge on any atom is 0.247 e. The van der Waals surface area contributed by atoms with Crippen LogP contribution in [0, 0.1) is 9.49 Å². The zero-order valence-electron chi connectivity index (χ0n) is 18.7. The molecule has 0 bridgehead atoms. The molecular weight excluding hydrogens is 551 g/mol. The summed E-state index contributed by atoms with van der Waals surface area (Å²) >= 11 is 2.16. The van der Waals surface area contributed by atoms with Crippen molar-refractivity contribution >= 4 is 34.4 Å². The van der Waals surface area contributed by atoms with Crippen LogP contribution >= 0.6 is 22.6 Å². The number of nitrogens with one attached hydrogen (secondary N) is 1. The van der Waals surface area contributed by atoms with Crippen LogP contribution in [0.5, 0.6) is 5.75 Å². The lowest BCUT2D eigenvalue weighted by molar-refractivity contribution is -0.146. The van der Waals surface area contributed by atoms with Gasteiger partial charge in [0.15, 0.2) is 0 Å². The molecular formula is C25H29IN2O6. The lowest BCUT2D eigenvalue weighted by atomic mass is 9.82. The summed E-state index contributed by atoms with van der Waals surface area (Å²) < 4.78 is 12.2. The summed E-state index contributed by atoms with van der Waals surface area (Å²) in [6, 6.07) is 8.57. The Morgan fingerprint density at radius 1 is 1.24 bits per heavy atom. The standard InChI is InChI=1S/C25H29IN2O6/c26-19-6-1-2-7-21(19)34-22-13-18(24(31)27-9-10-29)12-20(23(22)30)28(14-16-8-11-33-15-16)25(32)17-4-3-5-17/h1-2,6-8,11,13,15,17,20,22-23,29-30H,3-5,9-10,12,14H2,(H,27,31). The Hall–Kier alpha value is -2.37. The fourth-order valence-electron chi connectivity index (χ4n) is 4.29. The smallest absolute Gasteiger partial charge is 0.247 e. The van der Waals surface area contributed by atoms with Crippen LogP contribution in [0.25, 0.3) is 0 Å². The number of carbonyl (C=O) groups is 2. The first kappa shape index (κ1) is 24.7. The summed E-state index contributed by atoms with van der Waals surface area (Å²) in [5.74, 6) is 0.139. The number of para-hydroxylation sites is 1. The molecule has 1 aromatic heterocycles. The van der Waals surface area contributed by atoms with Gasteiger partial charge in [-0.2, -0.15) is 0 Å². The third kappa shape index (κ3) is 5.64. The van der Waals surface area contributed by atoms with Crippen LogP contribution in [0.3, 0.4) is 0 Å². The van der Waals surface area contributed by atoms with E-state index < -0.39 is 18.2 Å². The summed E-state index contributed by atoms with van der Waals surface area (Å²) in [7, 11) is 0. The van der Waals surface area contributed by atoms with Crippen molar-refractivity contribution in [2.45, 2.75) is 50.5 Å². The number of rotatable bonds is 9. The molecule has 0 radical (unpaired) electrons. The molecule has 1 aromatic carbocycles. The topological polar surface area (TPSA) is 112 Å². The van der Waals surface area contributed by atoms with Gasteiger partial charge >= 0.3 is 0 Å². The van der Waals surface area contributed by atoms with E-state index in [0.29, 0.717) is 11.3 Å². The second kappa shape index (κ2) is 11.4. The monoisotopic (exact) mass is 580 g/mol. The molecule has 0 spiro atoms. The van der Waals surface area contributed by atoms with Crippen LogP contribution in [0.1, 0.15) is 31.2 Å². The van der Waals surface area contributed by atoms with E-state index in [4.69, 9.17) is 14.3 Å². The van der Waals surface area contributed by atoms with E-state index in [-0.39, 0.29) is 43.8 Å². The van der Waals surface area contributed by atoms with Crippen molar-refractivity contribution in [1.82, 2.24) is 10.2 Å². The zero-order chi connectivity index (χ0) is 24.1. The normalized spacial score (nSPS) is 22.4. The van der Waals surface area contributed by atoms with Crippen molar-refractivity contribution in [3.8, 4) is 5.75 Å². The Bertz CT molecular complexity index is 1020. The fourth-order valence-corrected chi connectivity index (χ4v) is 4.81. The van der Waals surface area contributed by atoms with Crippen molar-refractivity contribution in [3.63, 3.8) is 0 Å². The molecule has 1 saturated carbocycles. The largest absolute Gasteiger partial charge is 0.482 e. The van der Waals surface area contributed by atoms with Gasteiger partial charge in [0, 0.05) is 36.6 Å². The number of furan rings is 1. The number of aliphatic hydroxyl groups excluding tert-OH is 2. The van der Waals surface area contributed by atoms with Crippen molar-refractivity contribution in [2.75, 3.05) is 13.2 Å². The number of amides is 2. The molecule has 34 heavy (non-hydrogen) atoms. The van der Waals surface area contributed by atoms with Gasteiger partial charge in [-0.25, -0.2) is 0 Å². The Kier molecular flexibility index (Phi) is 8.28. The van der Waals surface area contributed by atoms with Crippen molar-refractivity contribution in [2.24, 2.45) is 5.92 Å². The molecule has 8 nitrogen and oxygen atoms in total. The minimum absolute atomic E-state index is 0.0263. The molecule has 2 amide bonds. The third-order valence-corrected chi connectivity index (χ3v) is 7.28. The Balaban J connectivity index is 1.65. The number of ether oxygens (including phenoxy) is 1. The van der Waals surface area contributed by atoms with E-state index >= 15 is 0 Å². The molecule has 182 valence electrons. The van der Waals surface area contributed by atoms with Crippen LogP contribution < -0.4 is 10.1 Å². The number of aliphatic hydroxyl groups is 2. The molecule has 2 aliphatic rings. The SMILES string of the molecule is O=C(NCCO)C1=CC(Oc2ccccc2I)C(O)C(N(Cc2ccoc2)C(=O)C2CCC2)C1. The highest BCUT2D eigenvalue weighted by atomic mass is 127. The summed E-state index contributed by atoms with van der Waals surface area (Å²) in [5, 5.41) is 23.2. The van der Waals surface area contributed by atoms with Gasteiger partial charge in [-0.1, -0.05) is 18.6 Å². The van der Waals surface area contributed by atoms with Crippen LogP contribution in [0.15, 0.2) is 58.9 Å². The van der Waals surface area contributed by atoms with Crippen LogP contribution in [0.4, 0.5) is 0 Å². The van der Waals surface area contributed by atoms with Gasteiger partial charge in [0.1, 0.15) is 18.0 Å². The van der Waals surface area contributed by atoms with Gasteiger partial charge in [-0.3, -0.25) is 9.59 Å². The molecule has 4 rings (SSSR count). The summed E-state index contributed by atoms with van der Waals surface area (Å²) in [6.07, 6.45) is 5.73. The van der Waals surface area contributed by atoms with E-state index in [1.165, 1.54) is 0 Å². The summed E-state index contributed by atoms with van der Waals surface area (Å²) in [5.41, 5.74) is 1.23. The quantitative estimate of drug-likeness (QED) is 0.394. The van der Waals surface area contributed by atoms with Crippen molar-refractivity contribution < 1.29 is 29.0 Å². The summed E-state index contributed by atoms with van der Waals surface area (Å²) in [6.45, 7) is 0.208. The average Bonchev–Trinajstić information content (AvgIpc) is 3.31. The van der Waals surface area contributed by atoms with Gasteiger partial charge < -0.3 is 29.6 Å². The lowest BCUT2D eigenvalue weighted by Gasteiger charge is -2.42. The number of benzene rings is 1. The first-order valence-corrected chi connectivity index (χ1v) is 12.6. The number of hydrogen-bond acceptors (Lipinski definition) is 6. The molecule has 0 saturated heterocycles. The predicted molar refractivity (Wildman–Crippen MR) is 133 cm³/mol. The first-order valence-electron chi connectivity index (χ1n) is 11.5. The highest BCUT2D eigenvalue weighted by Gasteiger charge is 2.42. The van der Waals surface area contributed by atoms with Gasteiger partial charge in [0.2, 0.25) is 11.8 Å². The highest BCUT2D eigenvalue weighted by molar-refractivity contribution is 14.1. The molecule has 1 heterocycles. The third-order valence-electron chi connectivity index (χ3n) is 6.38. The van der Waals surface area contributed by atoms with E-state index in [9.17, 15) is 14.7 Å². The second-order valence-corrected chi connectivity index (χ2v) is 9.83. The highest BCUT2D eigenvalue weighted by Crippen LogP contribution is 2.34. The molecule has 2 aromatic rings. The second-order valence-electron chi connectivity index (χ2n) is 8.67. The van der Waals surface area contributed by atoms with Gasteiger partial charge in [0.05, 0.1) is 28.7 Å². The van der Waals surface area contributed by atoms with Crippen LogP contribution in [-0.4, -0.2) is 58.3 Å². The van der Waals surface area contributed by atoms with Crippen molar-refractivity contribution in [3.05, 3.63) is 63.6 Å². The van der Waals surface area contributed by atoms with Gasteiger partial charge in [-0.05, 0) is 59.7 Å². The minimum Gasteiger partial charge on any atom is -0.482 e. The predicted octanol–water partition coefficient (Wildman–Crippen LogP) is 2.63. The Morgan fingerprint density at radius 3 is 2.68 bits per heavy atom. The molecule has 3 N–H and O–H groups in total. The van der Waals surface area contributed by atoms with Crippen LogP contribution in [-0.2, 0) is 16.1 Å². The zero-order valence-corrected chi connectivity index (χ0v) is 20.9. The number of halogens is 1. The fraction of sp³-hybridized carbons (Fsp3) is 0.440. The maximum absolute atomic E-state index is 13.5. The van der Waals surface area contributed by atoms with Crippen molar-refractivity contribution in [1.29, 1.82) is 0 Å². The average molecular weight is 580 g/mol. The van der Waals surface area contributed by atoms with Gasteiger partial charge in [-0.15, -0.1) is 0 Å². The lowest BCUT2D eigenvalue weighted by Crippen LogP contribution is -2.56. The first-order chi connectivity index (χ1) is 16.5. The summed E-state index contributed by atoms with van der Waals surface area (Å²) in [4.78, 5) is 28.0. The molecule has 3 atom stereocenters. The van der Waals surface area contributed by atoms with E-state index in [1.54, 1.807) is 35.6 Å². The van der Waals surface area contributed by atoms with E-state index in [0.717, 1.165) is 28.4 Å². The molecule has 2 aliphatic carbocycles. The number of carbonyl (C=O) groups excluding carboxylic acids is 2. The molecule has 1 fully saturated rings. The minimum atomic E-state index is -1.04. The Morgan fingerprint density at radius 2 is 2.03 bits per heavy atom. The van der Waals surface area contributed by atoms with E-state index in [1.807, 2.05) is 18.2 Å². The molecule has 3 unspecified atom stereocenters. The Labute approximate surface area is 212 Å².